The molecule has 0 N–H and O–H groups in total. The Labute approximate surface area is 141 Å². The van der Waals surface area contributed by atoms with E-state index in [4.69, 9.17) is 26.1 Å². The van der Waals surface area contributed by atoms with Crippen LogP contribution in [0.15, 0.2) is 41.4 Å². The maximum absolute atomic E-state index is 6.28. The second kappa shape index (κ2) is 6.63. The van der Waals surface area contributed by atoms with Crippen molar-refractivity contribution in [3.8, 4) is 11.5 Å². The molecule has 3 nitrogen and oxygen atoms in total. The summed E-state index contributed by atoms with van der Waals surface area (Å²) in [6.07, 6.45) is 1.71. The third-order valence-electron chi connectivity index (χ3n) is 4.24. The number of fused-ring (bicyclic) bond motifs is 1. The molecule has 1 heterocycles. The molecule has 0 fully saturated rings. The van der Waals surface area contributed by atoms with Crippen molar-refractivity contribution in [2.75, 3.05) is 14.2 Å². The summed E-state index contributed by atoms with van der Waals surface area (Å²) in [4.78, 5) is 4.85. The minimum atomic E-state index is 0.195. The highest BCUT2D eigenvalue weighted by molar-refractivity contribution is 6.31. The number of benzene rings is 2. The van der Waals surface area contributed by atoms with E-state index in [0.29, 0.717) is 0 Å². The molecule has 3 rings (SSSR count). The molecule has 1 aliphatic rings. The van der Waals surface area contributed by atoms with E-state index in [9.17, 15) is 0 Å². The van der Waals surface area contributed by atoms with Crippen LogP contribution >= 0.6 is 11.6 Å². The van der Waals surface area contributed by atoms with Gasteiger partial charge in [0.15, 0.2) is 11.5 Å². The summed E-state index contributed by atoms with van der Waals surface area (Å²) >= 11 is 6.28. The van der Waals surface area contributed by atoms with Crippen molar-refractivity contribution < 1.29 is 9.47 Å². The van der Waals surface area contributed by atoms with Crippen LogP contribution < -0.4 is 9.47 Å². The number of aliphatic imine (C=N–C) groups is 1. The predicted octanol–water partition coefficient (Wildman–Crippen LogP) is 4.33. The van der Waals surface area contributed by atoms with Gasteiger partial charge in [-0.25, -0.2) is 0 Å². The van der Waals surface area contributed by atoms with Gasteiger partial charge in [-0.1, -0.05) is 29.8 Å². The van der Waals surface area contributed by atoms with Crippen LogP contribution in [-0.2, 0) is 12.8 Å². The SMILES string of the molecule is COc1cc2c(cc1OC)C(C)=NC(Cc1ccccc1Cl)C2. The standard InChI is InChI=1S/C19H20ClNO2/c1-12-16-11-19(23-3)18(22-2)10-14(16)9-15(21-12)8-13-6-4-5-7-17(13)20/h4-7,10-11,15H,8-9H2,1-3H3. The Morgan fingerprint density at radius 2 is 1.83 bits per heavy atom. The second-order valence-corrected chi connectivity index (χ2v) is 6.14. The van der Waals surface area contributed by atoms with Gasteiger partial charge in [0.1, 0.15) is 0 Å². The number of nitrogens with zero attached hydrogens (tertiary/aromatic N) is 1. The fourth-order valence-corrected chi connectivity index (χ4v) is 3.32. The zero-order valence-corrected chi connectivity index (χ0v) is 14.4. The van der Waals surface area contributed by atoms with E-state index >= 15 is 0 Å². The molecule has 0 aliphatic carbocycles. The Morgan fingerprint density at radius 1 is 1.13 bits per heavy atom. The lowest BCUT2D eigenvalue weighted by Crippen LogP contribution is -2.22. The van der Waals surface area contributed by atoms with E-state index in [2.05, 4.69) is 12.1 Å². The van der Waals surface area contributed by atoms with E-state index in [1.807, 2.05) is 31.2 Å². The first kappa shape index (κ1) is 15.9. The number of hydrogen-bond acceptors (Lipinski definition) is 3. The van der Waals surface area contributed by atoms with Crippen LogP contribution in [0.5, 0.6) is 11.5 Å². The first-order chi connectivity index (χ1) is 11.1. The number of halogens is 1. The molecular weight excluding hydrogens is 310 g/mol. The molecule has 1 atom stereocenters. The van der Waals surface area contributed by atoms with Crippen LogP contribution in [0, 0.1) is 0 Å². The van der Waals surface area contributed by atoms with E-state index in [1.165, 1.54) is 5.56 Å². The highest BCUT2D eigenvalue weighted by atomic mass is 35.5. The zero-order valence-electron chi connectivity index (χ0n) is 13.6. The summed E-state index contributed by atoms with van der Waals surface area (Å²) in [6, 6.07) is 12.2. The molecule has 2 aromatic carbocycles. The lowest BCUT2D eigenvalue weighted by Gasteiger charge is -2.24. The summed E-state index contributed by atoms with van der Waals surface area (Å²) < 4.78 is 10.8. The molecule has 120 valence electrons. The summed E-state index contributed by atoms with van der Waals surface area (Å²) in [5, 5.41) is 0.804. The van der Waals surface area contributed by atoms with Crippen LogP contribution in [0.2, 0.25) is 5.02 Å². The average molecular weight is 330 g/mol. The van der Waals surface area contributed by atoms with Crippen LogP contribution in [0.4, 0.5) is 0 Å². The fourth-order valence-electron chi connectivity index (χ4n) is 3.11. The van der Waals surface area contributed by atoms with Crippen molar-refractivity contribution >= 4 is 17.3 Å². The van der Waals surface area contributed by atoms with Crippen LogP contribution in [0.1, 0.15) is 23.6 Å². The van der Waals surface area contributed by atoms with Crippen LogP contribution in [0.3, 0.4) is 0 Å². The monoisotopic (exact) mass is 329 g/mol. The Hall–Kier alpha value is -2.00. The van der Waals surface area contributed by atoms with E-state index in [-0.39, 0.29) is 6.04 Å². The van der Waals surface area contributed by atoms with Crippen molar-refractivity contribution in [1.29, 1.82) is 0 Å². The smallest absolute Gasteiger partial charge is 0.161 e. The number of hydrogen-bond donors (Lipinski definition) is 0. The molecule has 4 heteroatoms. The molecule has 0 aromatic heterocycles. The third-order valence-corrected chi connectivity index (χ3v) is 4.61. The molecule has 0 saturated carbocycles. The Balaban J connectivity index is 1.91. The quantitative estimate of drug-likeness (QED) is 0.835. The van der Waals surface area contributed by atoms with Gasteiger partial charge in [0, 0.05) is 16.3 Å². The van der Waals surface area contributed by atoms with Crippen molar-refractivity contribution in [3.05, 3.63) is 58.1 Å². The van der Waals surface area contributed by atoms with Crippen molar-refractivity contribution in [1.82, 2.24) is 0 Å². The molecule has 0 spiro atoms. The first-order valence-corrected chi connectivity index (χ1v) is 8.03. The lowest BCUT2D eigenvalue weighted by atomic mass is 9.90. The van der Waals surface area contributed by atoms with Gasteiger partial charge in [0.2, 0.25) is 0 Å². The Kier molecular flexibility index (Phi) is 4.58. The van der Waals surface area contributed by atoms with Crippen LogP contribution in [0.25, 0.3) is 0 Å². The number of ether oxygens (including phenoxy) is 2. The van der Waals surface area contributed by atoms with Crippen molar-refractivity contribution in [3.63, 3.8) is 0 Å². The largest absolute Gasteiger partial charge is 0.493 e. The van der Waals surface area contributed by atoms with Crippen molar-refractivity contribution in [2.45, 2.75) is 25.8 Å². The lowest BCUT2D eigenvalue weighted by molar-refractivity contribution is 0.354. The van der Waals surface area contributed by atoms with Crippen molar-refractivity contribution in [2.24, 2.45) is 4.99 Å². The topological polar surface area (TPSA) is 30.8 Å². The fraction of sp³-hybridized carbons (Fsp3) is 0.316. The number of methoxy groups -OCH3 is 2. The highest BCUT2D eigenvalue weighted by Gasteiger charge is 2.22. The molecule has 0 saturated heterocycles. The average Bonchev–Trinajstić information content (AvgIpc) is 2.56. The minimum absolute atomic E-state index is 0.195. The van der Waals surface area contributed by atoms with E-state index in [1.54, 1.807) is 14.2 Å². The number of rotatable bonds is 4. The van der Waals surface area contributed by atoms with Gasteiger partial charge in [-0.05, 0) is 49.1 Å². The van der Waals surface area contributed by atoms with Gasteiger partial charge in [-0.15, -0.1) is 0 Å². The third kappa shape index (κ3) is 3.20. The first-order valence-electron chi connectivity index (χ1n) is 7.65. The Morgan fingerprint density at radius 3 is 2.52 bits per heavy atom. The summed E-state index contributed by atoms with van der Waals surface area (Å²) in [6.45, 7) is 2.05. The van der Waals surface area contributed by atoms with Crippen LogP contribution in [-0.4, -0.2) is 26.0 Å². The molecule has 2 aromatic rings. The molecule has 1 unspecified atom stereocenters. The van der Waals surface area contributed by atoms with Gasteiger partial charge in [-0.2, -0.15) is 0 Å². The molecule has 1 aliphatic heterocycles. The van der Waals surface area contributed by atoms with Gasteiger partial charge < -0.3 is 9.47 Å². The molecule has 0 radical (unpaired) electrons. The van der Waals surface area contributed by atoms with Gasteiger partial charge >= 0.3 is 0 Å². The van der Waals surface area contributed by atoms with Gasteiger partial charge in [0.05, 0.1) is 20.3 Å². The molecule has 0 amide bonds. The molecule has 0 bridgehead atoms. The second-order valence-electron chi connectivity index (χ2n) is 5.73. The predicted molar refractivity (Wildman–Crippen MR) is 94.4 cm³/mol. The van der Waals surface area contributed by atoms with E-state index < -0.39 is 0 Å². The highest BCUT2D eigenvalue weighted by Crippen LogP contribution is 2.34. The summed E-state index contributed by atoms with van der Waals surface area (Å²) in [7, 11) is 3.31. The maximum atomic E-state index is 6.28. The normalized spacial score (nSPS) is 16.5. The van der Waals surface area contributed by atoms with Gasteiger partial charge in [-0.3, -0.25) is 4.99 Å². The van der Waals surface area contributed by atoms with E-state index in [0.717, 1.165) is 46.2 Å². The van der Waals surface area contributed by atoms with Gasteiger partial charge in [0.25, 0.3) is 0 Å². The summed E-state index contributed by atoms with van der Waals surface area (Å²) in [5.41, 5.74) is 4.55. The maximum Gasteiger partial charge on any atom is 0.161 e. The Bertz CT molecular complexity index is 755. The minimum Gasteiger partial charge on any atom is -0.493 e. The molecular formula is C19H20ClNO2. The molecule has 23 heavy (non-hydrogen) atoms. The zero-order chi connectivity index (χ0) is 16.4. The summed E-state index contributed by atoms with van der Waals surface area (Å²) in [5.74, 6) is 1.50.